The molecule has 2 atom stereocenters. The fourth-order valence-corrected chi connectivity index (χ4v) is 4.18. The van der Waals surface area contributed by atoms with Crippen LogP contribution in [0, 0.1) is 0 Å². The minimum Gasteiger partial charge on any atom is -0.376 e. The Labute approximate surface area is 150 Å². The van der Waals surface area contributed by atoms with Gasteiger partial charge in [0.1, 0.15) is 0 Å². The van der Waals surface area contributed by atoms with Crippen LogP contribution in [0.5, 0.6) is 0 Å². The highest BCUT2D eigenvalue weighted by atomic mass is 32.2. The molecule has 1 aliphatic rings. The van der Waals surface area contributed by atoms with Crippen LogP contribution in [-0.2, 0) is 10.2 Å². The van der Waals surface area contributed by atoms with E-state index in [1.54, 1.807) is 11.8 Å². The van der Waals surface area contributed by atoms with Gasteiger partial charge in [0.2, 0.25) is 11.0 Å². The van der Waals surface area contributed by atoms with E-state index in [1.165, 1.54) is 11.3 Å². The van der Waals surface area contributed by atoms with Crippen LogP contribution in [0.2, 0.25) is 0 Å². The van der Waals surface area contributed by atoms with Gasteiger partial charge in [0.05, 0.1) is 11.4 Å². The normalized spacial score (nSPS) is 19.6. The van der Waals surface area contributed by atoms with Crippen molar-refractivity contribution in [3.63, 3.8) is 0 Å². The molecule has 0 aliphatic carbocycles. The molecule has 9 heteroatoms. The lowest BCUT2D eigenvalue weighted by molar-refractivity contribution is 0.120. The summed E-state index contributed by atoms with van der Waals surface area (Å²) in [5, 5.41) is 16.6. The van der Waals surface area contributed by atoms with Crippen LogP contribution in [0.4, 0.5) is 5.13 Å². The van der Waals surface area contributed by atoms with Crippen molar-refractivity contribution in [3.8, 4) is 0 Å². The summed E-state index contributed by atoms with van der Waals surface area (Å²) in [5.41, 5.74) is -0.117. The topological polar surface area (TPSA) is 86.0 Å². The molecule has 0 amide bonds. The first-order valence-corrected chi connectivity index (χ1v) is 9.81. The largest absolute Gasteiger partial charge is 0.376 e. The third-order valence-electron chi connectivity index (χ3n) is 3.65. The predicted octanol–water partition coefficient (Wildman–Crippen LogP) is 3.66. The molecule has 0 saturated carbocycles. The molecule has 0 aromatic carbocycles. The molecule has 3 rings (SSSR count). The van der Waals surface area contributed by atoms with E-state index < -0.39 is 0 Å². The van der Waals surface area contributed by atoms with Gasteiger partial charge in [-0.2, -0.15) is 4.98 Å². The Hall–Kier alpha value is -1.19. The fraction of sp³-hybridized carbons (Fsp3) is 0.733. The van der Waals surface area contributed by atoms with Gasteiger partial charge in [0.25, 0.3) is 0 Å². The van der Waals surface area contributed by atoms with Gasteiger partial charge in [-0.3, -0.25) is 0 Å². The SMILES string of the molecule is CC(Sc1nnc(NCC2CCCO2)s1)c1nc(C(C)(C)C)no1. The number of thioether (sulfide) groups is 1. The molecular formula is C15H23N5O2S2. The van der Waals surface area contributed by atoms with Gasteiger partial charge in [-0.15, -0.1) is 10.2 Å². The summed E-state index contributed by atoms with van der Waals surface area (Å²) < 4.78 is 11.9. The molecule has 1 N–H and O–H groups in total. The number of rotatable bonds is 6. The maximum Gasteiger partial charge on any atom is 0.239 e. The van der Waals surface area contributed by atoms with Crippen molar-refractivity contribution in [2.45, 2.75) is 61.6 Å². The third-order valence-corrected chi connectivity index (χ3v) is 5.70. The van der Waals surface area contributed by atoms with Gasteiger partial charge in [-0.25, -0.2) is 0 Å². The van der Waals surface area contributed by atoms with E-state index in [4.69, 9.17) is 9.26 Å². The Balaban J connectivity index is 1.54. The van der Waals surface area contributed by atoms with Gasteiger partial charge < -0.3 is 14.6 Å². The number of aromatic nitrogens is 4. The van der Waals surface area contributed by atoms with Crippen LogP contribution in [0.1, 0.15) is 57.5 Å². The highest BCUT2D eigenvalue weighted by Gasteiger charge is 2.24. The van der Waals surface area contributed by atoms with E-state index in [2.05, 4.69) is 46.4 Å². The zero-order valence-electron chi connectivity index (χ0n) is 14.4. The molecular weight excluding hydrogens is 346 g/mol. The van der Waals surface area contributed by atoms with Crippen molar-refractivity contribution in [2.75, 3.05) is 18.5 Å². The van der Waals surface area contributed by atoms with E-state index in [0.717, 1.165) is 41.3 Å². The number of hydrogen-bond acceptors (Lipinski definition) is 9. The van der Waals surface area contributed by atoms with Gasteiger partial charge in [0, 0.05) is 18.6 Å². The third kappa shape index (κ3) is 4.46. The fourth-order valence-electron chi connectivity index (χ4n) is 2.24. The monoisotopic (exact) mass is 369 g/mol. The molecule has 2 aromatic heterocycles. The summed E-state index contributed by atoms with van der Waals surface area (Å²) >= 11 is 3.11. The van der Waals surface area contributed by atoms with Crippen molar-refractivity contribution in [3.05, 3.63) is 11.7 Å². The Bertz CT molecular complexity index is 661. The molecule has 0 spiro atoms. The standard InChI is InChI=1S/C15H23N5O2S2/c1-9(11-17-12(20-22-11)15(2,3)4)23-14-19-18-13(24-14)16-8-10-6-5-7-21-10/h9-10H,5-8H2,1-4H3,(H,16,18). The molecule has 7 nitrogen and oxygen atoms in total. The number of nitrogens with one attached hydrogen (secondary N) is 1. The first-order chi connectivity index (χ1) is 11.4. The quantitative estimate of drug-likeness (QED) is 0.772. The zero-order chi connectivity index (χ0) is 17.2. The molecule has 1 saturated heterocycles. The Kier molecular flexibility index (Phi) is 5.41. The van der Waals surface area contributed by atoms with Crippen LogP contribution >= 0.6 is 23.1 Å². The van der Waals surface area contributed by atoms with E-state index in [1.807, 2.05) is 6.92 Å². The molecule has 1 aliphatic heterocycles. The second-order valence-corrected chi connectivity index (χ2v) is 9.42. The summed E-state index contributed by atoms with van der Waals surface area (Å²) in [7, 11) is 0. The van der Waals surface area contributed by atoms with Gasteiger partial charge in [-0.1, -0.05) is 49.0 Å². The van der Waals surface area contributed by atoms with Crippen LogP contribution in [0.15, 0.2) is 8.86 Å². The van der Waals surface area contributed by atoms with Crippen LogP contribution in [0.25, 0.3) is 0 Å². The molecule has 0 bridgehead atoms. The first kappa shape index (κ1) is 17.6. The second-order valence-electron chi connectivity index (χ2n) is 6.86. The van der Waals surface area contributed by atoms with Gasteiger partial charge >= 0.3 is 0 Å². The first-order valence-electron chi connectivity index (χ1n) is 8.11. The lowest BCUT2D eigenvalue weighted by Gasteiger charge is -2.11. The van der Waals surface area contributed by atoms with Gasteiger partial charge in [-0.05, 0) is 19.8 Å². The molecule has 2 aromatic rings. The van der Waals surface area contributed by atoms with Crippen LogP contribution in [0.3, 0.4) is 0 Å². The molecule has 0 radical (unpaired) electrons. The molecule has 24 heavy (non-hydrogen) atoms. The number of anilines is 1. The second kappa shape index (κ2) is 7.37. The number of ether oxygens (including phenoxy) is 1. The Morgan fingerprint density at radius 2 is 2.21 bits per heavy atom. The van der Waals surface area contributed by atoms with Gasteiger partial charge in [0.15, 0.2) is 10.2 Å². The van der Waals surface area contributed by atoms with Crippen LogP contribution in [-0.4, -0.2) is 39.6 Å². The van der Waals surface area contributed by atoms with Crippen molar-refractivity contribution in [2.24, 2.45) is 0 Å². The van der Waals surface area contributed by atoms with Crippen molar-refractivity contribution in [1.29, 1.82) is 0 Å². The minimum absolute atomic E-state index is 0.0348. The number of nitrogens with zero attached hydrogens (tertiary/aromatic N) is 4. The molecule has 2 unspecified atom stereocenters. The van der Waals surface area contributed by atoms with E-state index in [9.17, 15) is 0 Å². The van der Waals surface area contributed by atoms with Crippen molar-refractivity contribution >= 4 is 28.2 Å². The summed E-state index contributed by atoms with van der Waals surface area (Å²) in [5.74, 6) is 1.34. The van der Waals surface area contributed by atoms with E-state index in [-0.39, 0.29) is 16.8 Å². The summed E-state index contributed by atoms with van der Waals surface area (Å²) in [4.78, 5) is 4.50. The highest BCUT2D eigenvalue weighted by molar-refractivity contribution is 8.01. The summed E-state index contributed by atoms with van der Waals surface area (Å²) in [6.45, 7) is 9.88. The molecule has 1 fully saturated rings. The van der Waals surface area contributed by atoms with E-state index >= 15 is 0 Å². The Morgan fingerprint density at radius 3 is 2.88 bits per heavy atom. The zero-order valence-corrected chi connectivity index (χ0v) is 16.0. The maximum absolute atomic E-state index is 5.59. The average Bonchev–Trinajstić information content (AvgIpc) is 3.26. The minimum atomic E-state index is -0.117. The lowest BCUT2D eigenvalue weighted by atomic mass is 9.96. The van der Waals surface area contributed by atoms with Crippen LogP contribution < -0.4 is 5.32 Å². The lowest BCUT2D eigenvalue weighted by Crippen LogP contribution is -2.18. The summed E-state index contributed by atoms with van der Waals surface area (Å²) in [6, 6.07) is 0. The van der Waals surface area contributed by atoms with Crippen molar-refractivity contribution < 1.29 is 9.26 Å². The number of hydrogen-bond donors (Lipinski definition) is 1. The smallest absolute Gasteiger partial charge is 0.239 e. The summed E-state index contributed by atoms with van der Waals surface area (Å²) in [6.07, 6.45) is 2.54. The Morgan fingerprint density at radius 1 is 1.38 bits per heavy atom. The molecule has 132 valence electrons. The highest BCUT2D eigenvalue weighted by Crippen LogP contribution is 2.37. The average molecular weight is 370 g/mol. The molecule has 3 heterocycles. The maximum atomic E-state index is 5.59. The van der Waals surface area contributed by atoms with E-state index in [0.29, 0.717) is 5.89 Å². The predicted molar refractivity (Wildman–Crippen MR) is 94.6 cm³/mol. The van der Waals surface area contributed by atoms with Crippen molar-refractivity contribution in [1.82, 2.24) is 20.3 Å².